The van der Waals surface area contributed by atoms with E-state index in [1.54, 1.807) is 36.6 Å². The highest BCUT2D eigenvalue weighted by Gasteiger charge is 2.18. The summed E-state index contributed by atoms with van der Waals surface area (Å²) in [6.07, 6.45) is -0.940. The number of ether oxygens (including phenoxy) is 2. The number of carbonyl (C=O) groups excluding carboxylic acids is 2. The molecule has 1 unspecified atom stereocenters. The van der Waals surface area contributed by atoms with E-state index in [4.69, 9.17) is 9.47 Å². The first-order chi connectivity index (χ1) is 14.9. The molecule has 1 atom stereocenters. The number of aromatic nitrogens is 1. The quantitative estimate of drug-likeness (QED) is 0.512. The van der Waals surface area contributed by atoms with Crippen molar-refractivity contribution in [3.8, 4) is 5.75 Å². The van der Waals surface area contributed by atoms with Gasteiger partial charge >= 0.3 is 10.8 Å². The molecule has 0 fully saturated rings. The summed E-state index contributed by atoms with van der Waals surface area (Å²) in [6.45, 7) is 3.99. The second-order valence-electron chi connectivity index (χ2n) is 6.96. The van der Waals surface area contributed by atoms with Gasteiger partial charge in [-0.1, -0.05) is 41.7 Å². The summed E-state index contributed by atoms with van der Waals surface area (Å²) in [7, 11) is 0. The van der Waals surface area contributed by atoms with Gasteiger partial charge in [0.1, 0.15) is 12.4 Å². The van der Waals surface area contributed by atoms with Crippen molar-refractivity contribution in [2.45, 2.75) is 39.5 Å². The third kappa shape index (κ3) is 6.55. The molecule has 3 rings (SSSR count). The number of hydrogen-bond acceptors (Lipinski definition) is 6. The van der Waals surface area contributed by atoms with Crippen LogP contribution in [0.4, 0.5) is 5.69 Å². The topological polar surface area (TPSA) is 86.6 Å². The van der Waals surface area contributed by atoms with E-state index < -0.39 is 18.0 Å². The molecule has 1 aromatic heterocycles. The minimum Gasteiger partial charge on any atom is -0.489 e. The molecule has 0 saturated heterocycles. The number of aryl methyl sites for hydroxylation is 1. The van der Waals surface area contributed by atoms with Crippen LogP contribution in [-0.4, -0.2) is 22.5 Å². The second-order valence-corrected chi connectivity index (χ2v) is 7.79. The predicted molar refractivity (Wildman–Crippen MR) is 119 cm³/mol. The summed E-state index contributed by atoms with van der Waals surface area (Å²) in [5.74, 6) is -0.291. The molecule has 1 heterocycles. The van der Waals surface area contributed by atoms with Crippen molar-refractivity contribution in [2.75, 3.05) is 5.32 Å². The largest absolute Gasteiger partial charge is 0.489 e. The van der Waals surface area contributed by atoms with Gasteiger partial charge in [-0.3, -0.25) is 14.4 Å². The molecular weight excluding hydrogens is 416 g/mol. The summed E-state index contributed by atoms with van der Waals surface area (Å²) in [5, 5.41) is 4.45. The number of benzene rings is 2. The summed E-state index contributed by atoms with van der Waals surface area (Å²) < 4.78 is 12.4. The van der Waals surface area contributed by atoms with E-state index >= 15 is 0 Å². The second kappa shape index (κ2) is 10.6. The lowest BCUT2D eigenvalue weighted by atomic mass is 10.2. The monoisotopic (exact) mass is 440 g/mol. The van der Waals surface area contributed by atoms with Crippen LogP contribution in [0.2, 0.25) is 0 Å². The molecule has 0 spiro atoms. The molecule has 0 radical (unpaired) electrons. The standard InChI is InChI=1S/C23H24N2O5S/c1-16-15-31-23(28)25(16)13-12-21(26)30-17(2)22(27)24-19-8-10-20(11-9-19)29-14-18-6-4-3-5-7-18/h3-11,15,17H,12-14H2,1-2H3,(H,24,27). The Balaban J connectivity index is 1.44. The van der Waals surface area contributed by atoms with E-state index in [2.05, 4.69) is 5.32 Å². The average molecular weight is 441 g/mol. The number of nitrogens with zero attached hydrogens (tertiary/aromatic N) is 1. The molecular formula is C23H24N2O5S. The molecule has 3 aromatic rings. The van der Waals surface area contributed by atoms with Gasteiger partial charge < -0.3 is 19.4 Å². The fourth-order valence-corrected chi connectivity index (χ4v) is 3.57. The van der Waals surface area contributed by atoms with Crippen LogP contribution in [-0.2, 0) is 27.5 Å². The number of rotatable bonds is 9. The minimum absolute atomic E-state index is 0.0164. The highest BCUT2D eigenvalue weighted by atomic mass is 32.1. The summed E-state index contributed by atoms with van der Waals surface area (Å²) in [6, 6.07) is 16.8. The van der Waals surface area contributed by atoms with Gasteiger partial charge in [-0.2, -0.15) is 0 Å². The molecule has 0 saturated carbocycles. The van der Waals surface area contributed by atoms with E-state index in [9.17, 15) is 14.4 Å². The zero-order chi connectivity index (χ0) is 22.2. The maximum atomic E-state index is 12.3. The number of amides is 1. The van der Waals surface area contributed by atoms with Crippen LogP contribution in [0, 0.1) is 6.92 Å². The fraction of sp³-hybridized carbons (Fsp3) is 0.261. The van der Waals surface area contributed by atoms with E-state index in [1.807, 2.05) is 30.3 Å². The SMILES string of the molecule is Cc1csc(=O)n1CCC(=O)OC(C)C(=O)Nc1ccc(OCc2ccccc2)cc1. The third-order valence-electron chi connectivity index (χ3n) is 4.56. The van der Waals surface area contributed by atoms with Crippen LogP contribution in [0.15, 0.2) is 64.8 Å². The van der Waals surface area contributed by atoms with Crippen LogP contribution >= 0.6 is 11.3 Å². The number of esters is 1. The van der Waals surface area contributed by atoms with Gasteiger partial charge in [0.25, 0.3) is 5.91 Å². The molecule has 0 aliphatic carbocycles. The Labute approximate surface area is 184 Å². The van der Waals surface area contributed by atoms with E-state index in [-0.39, 0.29) is 17.8 Å². The van der Waals surface area contributed by atoms with Crippen molar-refractivity contribution in [3.63, 3.8) is 0 Å². The lowest BCUT2D eigenvalue weighted by Crippen LogP contribution is -2.30. The first kappa shape index (κ1) is 22.3. The van der Waals surface area contributed by atoms with Gasteiger partial charge in [-0.15, -0.1) is 0 Å². The number of anilines is 1. The average Bonchev–Trinajstić information content (AvgIpc) is 3.09. The smallest absolute Gasteiger partial charge is 0.308 e. The predicted octanol–water partition coefficient (Wildman–Crippen LogP) is 3.76. The lowest BCUT2D eigenvalue weighted by molar-refractivity contribution is -0.153. The van der Waals surface area contributed by atoms with Gasteiger partial charge in [-0.05, 0) is 43.7 Å². The van der Waals surface area contributed by atoms with E-state index in [0.29, 0.717) is 18.0 Å². The number of carbonyl (C=O) groups is 2. The molecule has 1 N–H and O–H groups in total. The van der Waals surface area contributed by atoms with Crippen molar-refractivity contribution >= 4 is 28.9 Å². The van der Waals surface area contributed by atoms with E-state index in [0.717, 1.165) is 22.6 Å². The normalized spacial score (nSPS) is 11.5. The Morgan fingerprint density at radius 3 is 2.45 bits per heavy atom. The molecule has 0 aliphatic rings. The van der Waals surface area contributed by atoms with Gasteiger partial charge in [0.2, 0.25) is 0 Å². The van der Waals surface area contributed by atoms with E-state index in [1.165, 1.54) is 11.5 Å². The summed E-state index contributed by atoms with van der Waals surface area (Å²) >= 11 is 1.09. The minimum atomic E-state index is -0.957. The van der Waals surface area contributed by atoms with Crippen molar-refractivity contribution in [3.05, 3.63) is 80.9 Å². The molecule has 1 amide bonds. The third-order valence-corrected chi connectivity index (χ3v) is 5.44. The van der Waals surface area contributed by atoms with Crippen LogP contribution in [0.1, 0.15) is 24.6 Å². The molecule has 2 aromatic carbocycles. The van der Waals surface area contributed by atoms with Gasteiger partial charge in [0.05, 0.1) is 6.42 Å². The Morgan fingerprint density at radius 1 is 1.10 bits per heavy atom. The van der Waals surface area contributed by atoms with Crippen LogP contribution in [0.5, 0.6) is 5.75 Å². The van der Waals surface area contributed by atoms with Crippen molar-refractivity contribution in [2.24, 2.45) is 0 Å². The molecule has 162 valence electrons. The lowest BCUT2D eigenvalue weighted by Gasteiger charge is -2.14. The molecule has 0 aliphatic heterocycles. The van der Waals surface area contributed by atoms with Crippen LogP contribution < -0.4 is 14.9 Å². The first-order valence-electron chi connectivity index (χ1n) is 9.84. The van der Waals surface area contributed by atoms with Crippen molar-refractivity contribution in [1.29, 1.82) is 0 Å². The Kier molecular flexibility index (Phi) is 7.61. The Morgan fingerprint density at radius 2 is 1.81 bits per heavy atom. The highest BCUT2D eigenvalue weighted by Crippen LogP contribution is 2.17. The van der Waals surface area contributed by atoms with Crippen LogP contribution in [0.25, 0.3) is 0 Å². The Bertz CT molecular complexity index is 1070. The zero-order valence-electron chi connectivity index (χ0n) is 17.4. The maximum absolute atomic E-state index is 12.3. The van der Waals surface area contributed by atoms with Gasteiger partial charge in [-0.25, -0.2) is 0 Å². The number of hydrogen-bond donors (Lipinski definition) is 1. The van der Waals surface area contributed by atoms with Crippen molar-refractivity contribution < 1.29 is 19.1 Å². The molecule has 7 nitrogen and oxygen atoms in total. The first-order valence-corrected chi connectivity index (χ1v) is 10.7. The number of thiazole rings is 1. The van der Waals surface area contributed by atoms with Crippen molar-refractivity contribution in [1.82, 2.24) is 4.57 Å². The number of nitrogens with one attached hydrogen (secondary N) is 1. The highest BCUT2D eigenvalue weighted by molar-refractivity contribution is 7.07. The molecule has 0 bridgehead atoms. The fourth-order valence-electron chi connectivity index (χ4n) is 2.81. The molecule has 8 heteroatoms. The summed E-state index contributed by atoms with van der Waals surface area (Å²) in [4.78, 5) is 35.9. The van der Waals surface area contributed by atoms with Crippen LogP contribution in [0.3, 0.4) is 0 Å². The zero-order valence-corrected chi connectivity index (χ0v) is 18.2. The Hall–Kier alpha value is -3.39. The van der Waals surface area contributed by atoms with Gasteiger partial charge in [0.15, 0.2) is 6.10 Å². The van der Waals surface area contributed by atoms with Gasteiger partial charge in [0, 0.05) is 23.3 Å². The maximum Gasteiger partial charge on any atom is 0.308 e. The summed E-state index contributed by atoms with van der Waals surface area (Å²) in [5.41, 5.74) is 2.43. The molecule has 31 heavy (non-hydrogen) atoms.